The second-order valence-electron chi connectivity index (χ2n) is 10.5. The number of carbonyl (C=O) groups excluding carboxylic acids is 3. The van der Waals surface area contributed by atoms with Gasteiger partial charge in [0.15, 0.2) is 17.7 Å². The second kappa shape index (κ2) is 15.0. The molecule has 0 aliphatic carbocycles. The van der Waals surface area contributed by atoms with Gasteiger partial charge in [-0.05, 0) is 46.9 Å². The molecule has 1 heterocycles. The maximum absolute atomic E-state index is 15.0. The molecule has 4 rings (SSSR count). The van der Waals surface area contributed by atoms with Crippen LogP contribution in [-0.2, 0) is 51.2 Å². The minimum absolute atomic E-state index is 0.0879. The molecule has 0 aromatic heterocycles. The van der Waals surface area contributed by atoms with E-state index in [9.17, 15) is 28.7 Å². The highest BCUT2D eigenvalue weighted by Crippen LogP contribution is 2.43. The van der Waals surface area contributed by atoms with Crippen molar-refractivity contribution in [1.82, 2.24) is 0 Å². The first kappa shape index (κ1) is 33.4. The largest absolute Gasteiger partial charge is 0.486 e. The smallest absolute Gasteiger partial charge is 0.305 e. The number of hydrogen-bond donors (Lipinski definition) is 1. The van der Waals surface area contributed by atoms with E-state index in [1.54, 1.807) is 24.3 Å². The molecule has 3 aromatic rings. The molecule has 0 amide bonds. The van der Waals surface area contributed by atoms with E-state index in [1.165, 1.54) is 12.1 Å². The molecule has 12 heteroatoms. The quantitative estimate of drug-likeness (QED) is 0.209. The predicted molar refractivity (Wildman–Crippen MR) is 158 cm³/mol. The van der Waals surface area contributed by atoms with E-state index in [0.717, 1.165) is 26.3 Å². The van der Waals surface area contributed by atoms with Crippen molar-refractivity contribution in [1.29, 1.82) is 0 Å². The summed E-state index contributed by atoms with van der Waals surface area (Å²) in [6, 6.07) is 18.7. The first-order valence-electron chi connectivity index (χ1n) is 14.0. The summed E-state index contributed by atoms with van der Waals surface area (Å²) in [5, 5.41) is 10.1. The van der Waals surface area contributed by atoms with Crippen LogP contribution in [0.2, 0.25) is 5.02 Å². The van der Waals surface area contributed by atoms with Gasteiger partial charge >= 0.3 is 23.9 Å². The fourth-order valence-electron chi connectivity index (χ4n) is 5.20. The zero-order chi connectivity index (χ0) is 32.7. The summed E-state index contributed by atoms with van der Waals surface area (Å²) in [4.78, 5) is 47.9. The first-order valence-corrected chi connectivity index (χ1v) is 14.4. The van der Waals surface area contributed by atoms with Gasteiger partial charge in [-0.15, -0.1) is 0 Å². The Morgan fingerprint density at radius 1 is 0.844 bits per heavy atom. The topological polar surface area (TPSA) is 135 Å². The molecule has 0 spiro atoms. The molecule has 0 radical (unpaired) electrons. The van der Waals surface area contributed by atoms with Crippen LogP contribution in [0.25, 0.3) is 0 Å². The predicted octanol–water partition coefficient (Wildman–Crippen LogP) is 5.56. The summed E-state index contributed by atoms with van der Waals surface area (Å²) in [7, 11) is 0. The summed E-state index contributed by atoms with van der Waals surface area (Å²) in [6.07, 6.45) is -5.78. The molecule has 1 saturated heterocycles. The van der Waals surface area contributed by atoms with E-state index in [2.05, 4.69) is 0 Å². The maximum atomic E-state index is 15.0. The molecule has 0 saturated carbocycles. The molecule has 3 aromatic carbocycles. The average molecular weight is 643 g/mol. The zero-order valence-corrected chi connectivity index (χ0v) is 25.5. The molecule has 45 heavy (non-hydrogen) atoms. The van der Waals surface area contributed by atoms with Crippen LogP contribution in [0.15, 0.2) is 66.7 Å². The third-order valence-corrected chi connectivity index (χ3v) is 7.38. The van der Waals surface area contributed by atoms with Gasteiger partial charge in [-0.3, -0.25) is 19.2 Å². The van der Waals surface area contributed by atoms with Crippen molar-refractivity contribution in [3.05, 3.63) is 99.8 Å². The van der Waals surface area contributed by atoms with Crippen LogP contribution in [0.1, 0.15) is 55.5 Å². The number of halogens is 2. The Morgan fingerprint density at radius 2 is 1.51 bits per heavy atom. The van der Waals surface area contributed by atoms with E-state index < -0.39 is 66.6 Å². The van der Waals surface area contributed by atoms with Crippen LogP contribution in [0.4, 0.5) is 4.39 Å². The van der Waals surface area contributed by atoms with Gasteiger partial charge in [0.25, 0.3) is 0 Å². The van der Waals surface area contributed by atoms with Gasteiger partial charge < -0.3 is 28.8 Å². The van der Waals surface area contributed by atoms with Gasteiger partial charge in [-0.2, -0.15) is 0 Å². The Labute approximate surface area is 263 Å². The normalized spacial score (nSPS) is 21.0. The number of ether oxygens (including phenoxy) is 5. The number of carboxylic acids is 1. The Kier molecular flexibility index (Phi) is 11.1. The van der Waals surface area contributed by atoms with Gasteiger partial charge in [0, 0.05) is 31.7 Å². The van der Waals surface area contributed by atoms with E-state index in [4.69, 9.17) is 35.3 Å². The fourth-order valence-corrected chi connectivity index (χ4v) is 5.38. The van der Waals surface area contributed by atoms with Crippen LogP contribution in [0.3, 0.4) is 0 Å². The number of hydrogen-bond acceptors (Lipinski definition) is 9. The van der Waals surface area contributed by atoms with Gasteiger partial charge in [-0.1, -0.05) is 60.1 Å². The summed E-state index contributed by atoms with van der Waals surface area (Å²) >= 11 is 6.52. The van der Waals surface area contributed by atoms with Gasteiger partial charge in [-0.25, -0.2) is 4.39 Å². The van der Waals surface area contributed by atoms with Crippen molar-refractivity contribution >= 4 is 35.5 Å². The fraction of sp³-hybridized carbons (Fsp3) is 0.333. The van der Waals surface area contributed by atoms with Crippen LogP contribution < -0.4 is 4.74 Å². The highest BCUT2D eigenvalue weighted by Gasteiger charge is 2.52. The van der Waals surface area contributed by atoms with Gasteiger partial charge in [0.05, 0.1) is 12.5 Å². The summed E-state index contributed by atoms with van der Waals surface area (Å²) in [5.74, 6) is -5.12. The molecule has 1 N–H and O–H groups in total. The van der Waals surface area contributed by atoms with Crippen molar-refractivity contribution in [2.24, 2.45) is 5.92 Å². The number of esters is 3. The lowest BCUT2D eigenvalue weighted by Gasteiger charge is -2.44. The molecule has 10 nitrogen and oxygen atoms in total. The number of carboxylic acid groups (broad SMARTS) is 1. The van der Waals surface area contributed by atoms with Crippen molar-refractivity contribution in [2.75, 3.05) is 0 Å². The van der Waals surface area contributed by atoms with Crippen molar-refractivity contribution in [3.63, 3.8) is 0 Å². The molecule has 1 aliphatic heterocycles. The Morgan fingerprint density at radius 3 is 2.13 bits per heavy atom. The Bertz CT molecular complexity index is 1550. The van der Waals surface area contributed by atoms with E-state index in [0.29, 0.717) is 21.7 Å². The lowest BCUT2D eigenvalue weighted by molar-refractivity contribution is -0.286. The number of rotatable bonds is 11. The van der Waals surface area contributed by atoms with Gasteiger partial charge in [0.1, 0.15) is 6.61 Å². The molecular formula is C33H32ClFO10. The van der Waals surface area contributed by atoms with Crippen molar-refractivity contribution in [3.8, 4) is 5.75 Å². The monoisotopic (exact) mass is 642 g/mol. The van der Waals surface area contributed by atoms with E-state index >= 15 is 0 Å². The molecule has 238 valence electrons. The summed E-state index contributed by atoms with van der Waals surface area (Å²) < 4.78 is 42.8. The Hall–Kier alpha value is -4.48. The van der Waals surface area contributed by atoms with Crippen LogP contribution in [-0.4, -0.2) is 47.5 Å². The molecule has 1 unspecified atom stereocenters. The zero-order valence-electron chi connectivity index (χ0n) is 24.7. The average Bonchev–Trinajstić information content (AvgIpc) is 2.96. The van der Waals surface area contributed by atoms with Gasteiger partial charge in [0.2, 0.25) is 12.4 Å². The number of carbonyl (C=O) groups is 4. The molecule has 5 atom stereocenters. The maximum Gasteiger partial charge on any atom is 0.305 e. The van der Waals surface area contributed by atoms with Crippen LogP contribution >= 0.6 is 11.6 Å². The summed E-state index contributed by atoms with van der Waals surface area (Å²) in [5.41, 5.74) is 2.44. The van der Waals surface area contributed by atoms with Crippen molar-refractivity contribution < 1.29 is 52.4 Å². The Balaban J connectivity index is 1.64. The van der Waals surface area contributed by atoms with E-state index in [1.807, 2.05) is 30.3 Å². The third kappa shape index (κ3) is 9.02. The number of benzene rings is 3. The van der Waals surface area contributed by atoms with Crippen molar-refractivity contribution in [2.45, 2.75) is 64.8 Å². The molecule has 0 bridgehead atoms. The highest BCUT2D eigenvalue weighted by molar-refractivity contribution is 6.31. The lowest BCUT2D eigenvalue weighted by Crippen LogP contribution is -2.56. The van der Waals surface area contributed by atoms with Crippen LogP contribution in [0, 0.1) is 11.7 Å². The standard InChI is InChI=1S/C33H32ClFO10/c1-18(36)42-31-25(16-29(39)40)30(45-33(44-20(3)38)32(31)43-19(2)37)23-10-11-26(34)24(15-23)13-22-9-12-28(27(35)14-22)41-17-21-7-5-4-6-8-21/h4-12,14-15,25,30-33H,13,16-17H2,1-3H3,(H,39,40)/t25-,30+,31+,32-,33?/m0/s1. The minimum Gasteiger partial charge on any atom is -0.486 e. The lowest BCUT2D eigenvalue weighted by atomic mass is 9.82. The van der Waals surface area contributed by atoms with Crippen LogP contribution in [0.5, 0.6) is 5.75 Å². The highest BCUT2D eigenvalue weighted by atomic mass is 35.5. The third-order valence-electron chi connectivity index (χ3n) is 7.01. The minimum atomic E-state index is -1.53. The molecular weight excluding hydrogens is 611 g/mol. The second-order valence-corrected chi connectivity index (χ2v) is 10.9. The first-order chi connectivity index (χ1) is 21.4. The summed E-state index contributed by atoms with van der Waals surface area (Å²) in [6.45, 7) is 3.53. The number of aliphatic carboxylic acids is 1. The molecule has 1 aliphatic rings. The SMILES string of the molecule is CC(=O)OC1O[C@H](c2ccc(Cl)c(Cc3ccc(OCc4ccccc4)c(F)c3)c2)[C@H](CC(=O)O)[C@@H](OC(C)=O)[C@@H]1OC(C)=O. The van der Waals surface area contributed by atoms with E-state index in [-0.39, 0.29) is 18.8 Å². The molecule has 1 fully saturated rings.